The van der Waals surface area contributed by atoms with Gasteiger partial charge in [-0.05, 0) is 19.1 Å². The molecule has 0 rings (SSSR count). The third-order valence-corrected chi connectivity index (χ3v) is 4.28. The number of alkyl halides is 1. The molecule has 0 atom stereocenters. The van der Waals surface area contributed by atoms with E-state index in [2.05, 4.69) is 25.4 Å². The van der Waals surface area contributed by atoms with Gasteiger partial charge in [0.05, 0.1) is 0 Å². The lowest BCUT2D eigenvalue weighted by atomic mass is 10.0. The zero-order valence-electron chi connectivity index (χ0n) is 8.52. The molecule has 0 aliphatic rings. The fourth-order valence-electron chi connectivity index (χ4n) is 1.17. The van der Waals surface area contributed by atoms with Crippen molar-refractivity contribution in [1.29, 1.82) is 0 Å². The smallest absolute Gasteiger partial charge is 0.234 e. The third-order valence-electron chi connectivity index (χ3n) is 2.45. The number of carbonyl (C=O) groups excluding carboxylic acids is 1. The summed E-state index contributed by atoms with van der Waals surface area (Å²) in [7, 11) is 0. The zero-order valence-corrected chi connectivity index (χ0v) is 10.1. The van der Waals surface area contributed by atoms with Crippen LogP contribution in [0, 0.1) is 0 Å². The summed E-state index contributed by atoms with van der Waals surface area (Å²) in [6.07, 6.45) is 4.21. The number of rotatable bonds is 6. The Labute approximate surface area is 89.8 Å². The molecule has 0 unspecified atom stereocenters. The number of carbonyl (C=O) groups is 1. The Morgan fingerprint density at radius 2 is 2.00 bits per heavy atom. The van der Waals surface area contributed by atoms with E-state index in [0.717, 1.165) is 12.8 Å². The third kappa shape index (κ3) is 4.23. The summed E-state index contributed by atoms with van der Waals surface area (Å²) in [5, 5.41) is 2.83. The van der Waals surface area contributed by atoms with E-state index in [0.29, 0.717) is 6.54 Å². The number of thioether (sulfide) groups is 1. The first-order valence-corrected chi connectivity index (χ1v) is 6.28. The van der Waals surface area contributed by atoms with Gasteiger partial charge in [-0.25, -0.2) is 0 Å². The van der Waals surface area contributed by atoms with Gasteiger partial charge in [0.15, 0.2) is 0 Å². The second-order valence-corrected chi connectivity index (χ2v) is 4.55. The fourth-order valence-corrected chi connectivity index (χ4v) is 2.06. The standard InChI is InChI=1S/C9H18ClNOS/c1-4-9(5-2,13-3)7-11-8(12)6-10/h4-7H2,1-3H3,(H,11,12). The van der Waals surface area contributed by atoms with Crippen LogP contribution in [0.2, 0.25) is 0 Å². The molecule has 0 aliphatic heterocycles. The Kier molecular flexibility index (Phi) is 6.60. The average molecular weight is 224 g/mol. The molecule has 0 aromatic rings. The first-order valence-electron chi connectivity index (χ1n) is 4.52. The predicted octanol–water partition coefficient (Wildman–Crippen LogP) is 2.26. The highest BCUT2D eigenvalue weighted by atomic mass is 35.5. The number of hydrogen-bond acceptors (Lipinski definition) is 2. The van der Waals surface area contributed by atoms with E-state index in [1.54, 1.807) is 0 Å². The van der Waals surface area contributed by atoms with Gasteiger partial charge in [0.1, 0.15) is 5.88 Å². The van der Waals surface area contributed by atoms with Gasteiger partial charge < -0.3 is 5.32 Å². The molecule has 78 valence electrons. The van der Waals surface area contributed by atoms with E-state index in [1.165, 1.54) is 0 Å². The molecule has 0 saturated heterocycles. The minimum atomic E-state index is -0.0815. The van der Waals surface area contributed by atoms with Crippen LogP contribution in [-0.4, -0.2) is 29.3 Å². The molecule has 0 aromatic heterocycles. The molecule has 2 nitrogen and oxygen atoms in total. The molecular weight excluding hydrogens is 206 g/mol. The molecule has 0 heterocycles. The summed E-state index contributed by atoms with van der Waals surface area (Å²) in [5.74, 6) is -0.0280. The van der Waals surface area contributed by atoms with Crippen molar-refractivity contribution >= 4 is 29.3 Å². The highest BCUT2D eigenvalue weighted by molar-refractivity contribution is 8.00. The summed E-state index contributed by atoms with van der Waals surface area (Å²) in [5.41, 5.74) is 0. The molecule has 13 heavy (non-hydrogen) atoms. The molecule has 0 saturated carbocycles. The van der Waals surface area contributed by atoms with Gasteiger partial charge >= 0.3 is 0 Å². The van der Waals surface area contributed by atoms with Crippen LogP contribution < -0.4 is 5.32 Å². The van der Waals surface area contributed by atoms with Gasteiger partial charge in [0.25, 0.3) is 0 Å². The van der Waals surface area contributed by atoms with Crippen molar-refractivity contribution in [3.63, 3.8) is 0 Å². The van der Waals surface area contributed by atoms with Crippen LogP contribution in [0.1, 0.15) is 26.7 Å². The van der Waals surface area contributed by atoms with Crippen molar-refractivity contribution in [2.75, 3.05) is 18.7 Å². The van der Waals surface area contributed by atoms with Crippen LogP contribution in [0.15, 0.2) is 0 Å². The molecule has 0 aromatic carbocycles. The maximum Gasteiger partial charge on any atom is 0.234 e. The van der Waals surface area contributed by atoms with Crippen LogP contribution in [0.4, 0.5) is 0 Å². The maximum atomic E-state index is 11.0. The Morgan fingerprint density at radius 3 is 2.31 bits per heavy atom. The van der Waals surface area contributed by atoms with Crippen molar-refractivity contribution in [2.24, 2.45) is 0 Å². The Bertz CT molecular complexity index is 151. The Balaban J connectivity index is 4.02. The number of halogens is 1. The molecule has 0 aliphatic carbocycles. The number of hydrogen-bond donors (Lipinski definition) is 1. The zero-order chi connectivity index (χ0) is 10.3. The molecule has 1 amide bonds. The predicted molar refractivity (Wildman–Crippen MR) is 60.6 cm³/mol. The largest absolute Gasteiger partial charge is 0.354 e. The van der Waals surface area contributed by atoms with Crippen LogP contribution in [-0.2, 0) is 4.79 Å². The topological polar surface area (TPSA) is 29.1 Å². The first-order chi connectivity index (χ1) is 6.14. The summed E-state index contributed by atoms with van der Waals surface area (Å²) < 4.78 is 0.182. The van der Waals surface area contributed by atoms with Crippen LogP contribution in [0.5, 0.6) is 0 Å². The maximum absolute atomic E-state index is 11.0. The quantitative estimate of drug-likeness (QED) is 0.700. The minimum absolute atomic E-state index is 0.0535. The lowest BCUT2D eigenvalue weighted by molar-refractivity contribution is -0.118. The van der Waals surface area contributed by atoms with E-state index in [9.17, 15) is 4.79 Å². The van der Waals surface area contributed by atoms with Gasteiger partial charge in [-0.1, -0.05) is 13.8 Å². The van der Waals surface area contributed by atoms with E-state index in [4.69, 9.17) is 11.6 Å². The summed E-state index contributed by atoms with van der Waals surface area (Å²) in [6.45, 7) is 5.01. The van der Waals surface area contributed by atoms with Crippen LogP contribution in [0.25, 0.3) is 0 Å². The Hall–Kier alpha value is 0.110. The SMILES string of the molecule is CCC(CC)(CNC(=O)CCl)SC. The molecule has 1 N–H and O–H groups in total. The van der Waals surface area contributed by atoms with Crippen molar-refractivity contribution in [3.8, 4) is 0 Å². The van der Waals surface area contributed by atoms with E-state index >= 15 is 0 Å². The van der Waals surface area contributed by atoms with Gasteiger partial charge in [-0.3, -0.25) is 4.79 Å². The van der Waals surface area contributed by atoms with Gasteiger partial charge in [0, 0.05) is 11.3 Å². The van der Waals surface area contributed by atoms with Crippen molar-refractivity contribution in [2.45, 2.75) is 31.4 Å². The highest BCUT2D eigenvalue weighted by Gasteiger charge is 2.24. The average Bonchev–Trinajstić information content (AvgIpc) is 2.20. The molecule has 0 radical (unpaired) electrons. The summed E-state index contributed by atoms with van der Waals surface area (Å²) >= 11 is 7.20. The van der Waals surface area contributed by atoms with Crippen molar-refractivity contribution in [3.05, 3.63) is 0 Å². The molecule has 0 bridgehead atoms. The van der Waals surface area contributed by atoms with Gasteiger partial charge in [0.2, 0.25) is 5.91 Å². The highest BCUT2D eigenvalue weighted by Crippen LogP contribution is 2.29. The van der Waals surface area contributed by atoms with Crippen LogP contribution in [0.3, 0.4) is 0 Å². The van der Waals surface area contributed by atoms with Crippen molar-refractivity contribution < 1.29 is 4.79 Å². The number of amides is 1. The fraction of sp³-hybridized carbons (Fsp3) is 0.889. The molecule has 4 heteroatoms. The van der Waals surface area contributed by atoms with Crippen LogP contribution >= 0.6 is 23.4 Å². The van der Waals surface area contributed by atoms with E-state index in [-0.39, 0.29) is 16.5 Å². The van der Waals surface area contributed by atoms with Gasteiger partial charge in [-0.2, -0.15) is 11.8 Å². The van der Waals surface area contributed by atoms with Crippen molar-refractivity contribution in [1.82, 2.24) is 5.32 Å². The summed E-state index contributed by atoms with van der Waals surface area (Å²) in [6, 6.07) is 0. The summed E-state index contributed by atoms with van der Waals surface area (Å²) in [4.78, 5) is 11.0. The molecule has 0 spiro atoms. The lowest BCUT2D eigenvalue weighted by Gasteiger charge is -2.29. The monoisotopic (exact) mass is 223 g/mol. The Morgan fingerprint density at radius 1 is 1.46 bits per heavy atom. The first kappa shape index (κ1) is 13.1. The normalized spacial score (nSPS) is 11.4. The second-order valence-electron chi connectivity index (χ2n) is 3.00. The minimum Gasteiger partial charge on any atom is -0.354 e. The van der Waals surface area contributed by atoms with Gasteiger partial charge in [-0.15, -0.1) is 11.6 Å². The lowest BCUT2D eigenvalue weighted by Crippen LogP contribution is -2.40. The second kappa shape index (κ2) is 6.55. The molecule has 0 fully saturated rings. The van der Waals surface area contributed by atoms with E-state index in [1.807, 2.05) is 11.8 Å². The number of nitrogens with one attached hydrogen (secondary N) is 1. The van der Waals surface area contributed by atoms with E-state index < -0.39 is 0 Å². The molecular formula is C9H18ClNOS.